The van der Waals surface area contributed by atoms with Gasteiger partial charge in [0.05, 0.1) is 12.6 Å². The fraction of sp³-hybridized carbons (Fsp3) is 0.772. The van der Waals surface area contributed by atoms with Crippen molar-refractivity contribution in [3.63, 3.8) is 0 Å². The van der Waals surface area contributed by atoms with Crippen molar-refractivity contribution in [2.45, 2.75) is 400 Å². The van der Waals surface area contributed by atoms with Crippen LogP contribution in [-0.4, -0.2) is 249 Å². The van der Waals surface area contributed by atoms with Gasteiger partial charge in [-0.15, -0.1) is 0 Å². The monoisotopic (exact) mass is 2040 g/mol. The van der Waals surface area contributed by atoms with Crippen molar-refractivity contribution >= 4 is 100 Å². The molecule has 824 valence electrons. The van der Waals surface area contributed by atoms with Crippen LogP contribution in [0.5, 0.6) is 5.75 Å². The third-order valence-electron chi connectivity index (χ3n) is 23.9. The van der Waals surface area contributed by atoms with Gasteiger partial charge in [0.1, 0.15) is 90.3 Å². The third-order valence-corrected chi connectivity index (χ3v) is 23.9. The van der Waals surface area contributed by atoms with Gasteiger partial charge in [-0.25, -0.2) is 5.84 Å². The average molecular weight is 2040 g/mol. The zero-order valence-electron chi connectivity index (χ0n) is 89.2. The van der Waals surface area contributed by atoms with Gasteiger partial charge in [-0.05, 0) is 284 Å². The molecule has 15 atom stereocenters. The Bertz CT molecular complexity index is 4010. The van der Waals surface area contributed by atoms with E-state index in [9.17, 15) is 62.6 Å². The number of amides is 17. The molecule has 144 heavy (non-hydrogen) atoms. The van der Waals surface area contributed by atoms with Crippen LogP contribution < -0.4 is 136 Å². The first-order chi connectivity index (χ1) is 68.1. The van der Waals surface area contributed by atoms with Crippen LogP contribution in [0.1, 0.15) is 309 Å². The van der Waals surface area contributed by atoms with Crippen molar-refractivity contribution in [2.24, 2.45) is 93.3 Å². The number of hydrazine groups is 1. The van der Waals surface area contributed by atoms with E-state index in [-0.39, 0.29) is 188 Å². The van der Waals surface area contributed by atoms with Gasteiger partial charge in [0.15, 0.2) is 0 Å². The van der Waals surface area contributed by atoms with Gasteiger partial charge in [0.2, 0.25) is 100 Å². The van der Waals surface area contributed by atoms with Gasteiger partial charge in [-0.3, -0.25) is 86.9 Å². The highest BCUT2D eigenvalue weighted by atomic mass is 16.3. The molecule has 1 rings (SSSR count). The second-order valence-corrected chi connectivity index (χ2v) is 41.5. The molecule has 0 bridgehead atoms. The zero-order chi connectivity index (χ0) is 109. The Balaban J connectivity index is 3.86. The maximum Gasteiger partial charge on any atom is 0.243 e. The molecule has 0 fully saturated rings. The van der Waals surface area contributed by atoms with Crippen LogP contribution >= 0.6 is 0 Å². The van der Waals surface area contributed by atoms with E-state index in [0.717, 1.165) is 0 Å². The smallest absolute Gasteiger partial charge is 0.243 e. The molecule has 0 unspecified atom stereocenters. The molecule has 1 aromatic carbocycles. The minimum absolute atomic E-state index is 0.00185. The minimum Gasteiger partial charge on any atom is -0.508 e. The van der Waals surface area contributed by atoms with Crippen molar-refractivity contribution in [3.05, 3.63) is 29.8 Å². The summed E-state index contributed by atoms with van der Waals surface area (Å²) in [5.74, 6) is -8.57. The van der Waals surface area contributed by atoms with Crippen LogP contribution in [0.25, 0.3) is 0 Å². The predicted octanol–water partition coefficient (Wildman–Crippen LogP) is 0.975. The van der Waals surface area contributed by atoms with E-state index in [2.05, 4.69) is 90.5 Å². The third kappa shape index (κ3) is 57.6. The van der Waals surface area contributed by atoms with E-state index in [1.807, 2.05) is 83.1 Å². The number of benzene rings is 1. The van der Waals surface area contributed by atoms with Gasteiger partial charge in [0, 0.05) is 19.4 Å². The van der Waals surface area contributed by atoms with Crippen LogP contribution in [-0.2, 0) is 87.9 Å². The Kier molecular flexibility index (Phi) is 68.2. The number of rotatable bonds is 79. The highest BCUT2D eigenvalue weighted by Gasteiger charge is 2.40. The Morgan fingerprint density at radius 2 is 0.458 bits per heavy atom. The second kappa shape index (κ2) is 74.6. The molecule has 0 radical (unpaired) electrons. The molecule has 0 aliphatic rings. The van der Waals surface area contributed by atoms with Gasteiger partial charge in [0.25, 0.3) is 0 Å². The summed E-state index contributed by atoms with van der Waals surface area (Å²) in [7, 11) is 0. The number of nitrogens with two attached hydrogens (primary N) is 8. The second-order valence-electron chi connectivity index (χ2n) is 41.5. The fourth-order valence-corrected chi connectivity index (χ4v) is 16.2. The molecule has 43 nitrogen and oxygen atoms in total. The summed E-state index contributed by atoms with van der Waals surface area (Å²) in [6, 6.07) is -13.2. The number of hydrogen-bond acceptors (Lipinski definition) is 26. The number of carbonyl (C=O) groups excluding carboxylic acids is 17. The van der Waals surface area contributed by atoms with Gasteiger partial charge in [-0.1, -0.05) is 129 Å². The predicted molar refractivity (Wildman–Crippen MR) is 557 cm³/mol. The molecule has 1 aromatic rings. The number of carbonyl (C=O) groups is 17. The number of phenolic OH excluding ortho intramolecular Hbond substituents is 1. The average Bonchev–Trinajstić information content (AvgIpc) is 0.867. The molecular weight excluding hydrogens is 1850 g/mol. The SMILES string of the molecule is CC(C)C[C@H](NC(=O)[C@H](CCCCN)NC(=O)[C@H](CC(C)C)NC(=O)[C@H](CC(C)C)NC(=O)[C@H](CCCCN)NC(=O)[C@H](CCCCN)NC(=O)[C@H](CC(C)C)NC(=O)[C@H](CC(C)C)NC(=O)[C@H](Cc1ccc(O)cc1)NC(=O)[C@H](CC(C)C)NC(=O)[C@H](CC(C)C)NC(=O)[C@H](CCCCN)NC(=O)[C@H](CCCCN)NC(=O)[C@@H](N)CC(C)C)C(=O)N[C@@H](CCCCN)C(=O)NCC(=O)NCCCCCC(=O)NN. The summed E-state index contributed by atoms with van der Waals surface area (Å²) >= 11 is 0. The van der Waals surface area contributed by atoms with E-state index >= 15 is 24.0 Å². The van der Waals surface area contributed by atoms with Crippen LogP contribution in [0, 0.1) is 47.3 Å². The lowest BCUT2D eigenvalue weighted by Gasteiger charge is -2.30. The summed E-state index contributed by atoms with van der Waals surface area (Å²) in [6.07, 6.45) is 7.91. The van der Waals surface area contributed by atoms with Gasteiger partial charge >= 0.3 is 0 Å². The van der Waals surface area contributed by atoms with Crippen molar-refractivity contribution in [2.75, 3.05) is 52.4 Å². The van der Waals surface area contributed by atoms with Gasteiger partial charge in [-0.2, -0.15) is 0 Å². The molecular formula is C101H187N25O18. The van der Waals surface area contributed by atoms with Crippen molar-refractivity contribution in [1.29, 1.82) is 0 Å². The Morgan fingerprint density at radius 3 is 0.694 bits per heavy atom. The molecule has 34 N–H and O–H groups in total. The maximum absolute atomic E-state index is 15.2. The normalized spacial score (nSPS) is 14.7. The molecule has 0 heterocycles. The maximum atomic E-state index is 15.2. The van der Waals surface area contributed by atoms with Crippen molar-refractivity contribution in [1.82, 2.24) is 90.5 Å². The first-order valence-electron chi connectivity index (χ1n) is 52.6. The number of hydrogen-bond donors (Lipinski definition) is 26. The molecule has 17 amide bonds. The van der Waals surface area contributed by atoms with Crippen LogP contribution in [0.4, 0.5) is 0 Å². The fourth-order valence-electron chi connectivity index (χ4n) is 16.2. The molecule has 0 aliphatic heterocycles. The number of aromatic hydroxyl groups is 1. The van der Waals surface area contributed by atoms with E-state index in [1.165, 1.54) is 24.3 Å². The number of nitrogens with one attached hydrogen (secondary N) is 17. The summed E-state index contributed by atoms with van der Waals surface area (Å²) in [4.78, 5) is 244. The lowest BCUT2D eigenvalue weighted by atomic mass is 9.98. The summed E-state index contributed by atoms with van der Waals surface area (Å²) in [5.41, 5.74) is 44.1. The molecule has 0 aliphatic carbocycles. The Hall–Kier alpha value is -10.3. The molecule has 0 aromatic heterocycles. The first-order valence-corrected chi connectivity index (χ1v) is 52.6. The lowest BCUT2D eigenvalue weighted by Crippen LogP contribution is -2.61. The standard InChI is InChI=1S/C101H187N25O18/c1-60(2)50-70(108)87(130)112-72(33-20-26-44-103)89(132)114-74(35-22-28-46-105)91(134)120-81(55-65(11)12)98(141)123-83(57-67(15)16)100(143)125-84(58-68-39-41-69(127)42-40-68)101(144)124-82(56-66(13)14)99(142)122-78(52-62(5)6)95(138)116-73(34-21-27-45-104)90(133)115-75(36-23-29-47-106)92(135)119-80(54-64(9)10)97(140)121-79(53-63(7)8)96(139)117-76(37-24-30-48-107)93(136)118-77(51-61(3)4)94(137)113-71(32-19-25-43-102)88(131)111-59-86(129)110-49-31-17-18-38-85(128)126-109/h39-42,60-67,70-84,127H,17-38,43-59,102-109H2,1-16H3,(H,110,129)(H,111,131)(H,112,130)(H,113,137)(H,114,132)(H,115,133)(H,116,138)(H,117,139)(H,118,136)(H,119,135)(H,120,134)(H,121,140)(H,122,142)(H,123,141)(H,124,144)(H,125,143)(H,126,128)/t70-,71-,72-,73-,74-,75-,76-,77-,78-,79-,80-,81-,82-,83-,84-/m0/s1. The first kappa shape index (κ1) is 132. The quantitative estimate of drug-likeness (QED) is 0.0187. The largest absolute Gasteiger partial charge is 0.508 e. The Morgan fingerprint density at radius 1 is 0.243 bits per heavy atom. The summed E-state index contributed by atoms with van der Waals surface area (Å²) < 4.78 is 0. The van der Waals surface area contributed by atoms with Crippen LogP contribution in [0.2, 0.25) is 0 Å². The van der Waals surface area contributed by atoms with Crippen molar-refractivity contribution in [3.8, 4) is 5.75 Å². The van der Waals surface area contributed by atoms with Crippen molar-refractivity contribution < 1.29 is 86.6 Å². The minimum atomic E-state index is -1.48. The topological polar surface area (TPSA) is 723 Å². The van der Waals surface area contributed by atoms with E-state index in [1.54, 1.807) is 27.7 Å². The Labute approximate surface area is 855 Å². The van der Waals surface area contributed by atoms with E-state index < -0.39 is 192 Å². The summed E-state index contributed by atoms with van der Waals surface area (Å²) in [5, 5.41) is 55.2. The van der Waals surface area contributed by atoms with E-state index in [0.29, 0.717) is 121 Å². The lowest BCUT2D eigenvalue weighted by molar-refractivity contribution is -0.137. The highest BCUT2D eigenvalue weighted by molar-refractivity contribution is 6.01. The van der Waals surface area contributed by atoms with Gasteiger partial charge < -0.3 is 130 Å². The molecule has 0 spiro atoms. The van der Waals surface area contributed by atoms with E-state index in [4.69, 9.17) is 46.0 Å². The van der Waals surface area contributed by atoms with Crippen LogP contribution in [0.3, 0.4) is 0 Å². The molecule has 0 saturated carbocycles. The van der Waals surface area contributed by atoms with Crippen LogP contribution in [0.15, 0.2) is 24.3 Å². The highest BCUT2D eigenvalue weighted by Crippen LogP contribution is 2.21. The summed E-state index contributed by atoms with van der Waals surface area (Å²) in [6.45, 7) is 30.7. The number of phenols is 1. The zero-order valence-corrected chi connectivity index (χ0v) is 89.2. The molecule has 0 saturated heterocycles. The molecule has 43 heteroatoms. The number of unbranched alkanes of at least 4 members (excludes halogenated alkanes) is 8.